The molecule has 0 saturated carbocycles. The van der Waals surface area contributed by atoms with E-state index in [4.69, 9.17) is 9.47 Å². The minimum atomic E-state index is -0.995. The summed E-state index contributed by atoms with van der Waals surface area (Å²) in [6.07, 6.45) is 1.76. The maximum atomic E-state index is 13.9. The minimum absolute atomic E-state index is 0.0421. The van der Waals surface area contributed by atoms with Crippen LogP contribution in [0.1, 0.15) is 76.0 Å². The van der Waals surface area contributed by atoms with Gasteiger partial charge in [-0.2, -0.15) is 0 Å². The molecule has 2 aromatic carbocycles. The molecule has 1 N–H and O–H groups in total. The van der Waals surface area contributed by atoms with E-state index in [-0.39, 0.29) is 28.9 Å². The first-order valence-electron chi connectivity index (χ1n) is 14.3. The van der Waals surface area contributed by atoms with Gasteiger partial charge in [0.1, 0.15) is 13.2 Å². The van der Waals surface area contributed by atoms with Crippen molar-refractivity contribution in [1.82, 2.24) is 4.90 Å². The molecule has 222 valence electrons. The molecule has 3 aliphatic rings. The van der Waals surface area contributed by atoms with Gasteiger partial charge in [0.2, 0.25) is 0 Å². The summed E-state index contributed by atoms with van der Waals surface area (Å²) in [4.78, 5) is 41.7. The number of carboxylic acids is 1. The zero-order valence-electron chi connectivity index (χ0n) is 25.1. The molecule has 0 bridgehead atoms. The van der Waals surface area contributed by atoms with Gasteiger partial charge in [-0.3, -0.25) is 14.4 Å². The number of hydrogen-bond donors (Lipinski definition) is 1. The number of aryl methyl sites for hydroxylation is 1. The van der Waals surface area contributed by atoms with Gasteiger partial charge in [0, 0.05) is 41.3 Å². The summed E-state index contributed by atoms with van der Waals surface area (Å²) in [5.41, 5.74) is 4.84. The highest BCUT2D eigenvalue weighted by Crippen LogP contribution is 2.55. The average molecular weight is 684 g/mol. The Hall–Kier alpha value is -3.14. The predicted molar refractivity (Wildman–Crippen MR) is 168 cm³/mol. The van der Waals surface area contributed by atoms with Gasteiger partial charge >= 0.3 is 5.97 Å². The van der Waals surface area contributed by atoms with Gasteiger partial charge in [-0.15, -0.1) is 0 Å². The summed E-state index contributed by atoms with van der Waals surface area (Å²) in [5.74, 6) is -0.556. The first kappa shape index (κ1) is 30.3. The highest BCUT2D eigenvalue weighted by Gasteiger charge is 2.49. The molecule has 0 saturated heterocycles. The second-order valence-corrected chi connectivity index (χ2v) is 14.5. The van der Waals surface area contributed by atoms with E-state index in [1.54, 1.807) is 12.0 Å². The molecule has 2 aromatic rings. The Morgan fingerprint density at radius 3 is 2.00 bits per heavy atom. The largest absolute Gasteiger partial charge is 0.493 e. The number of carbonyl (C=O) groups excluding carboxylic acids is 2. The lowest BCUT2D eigenvalue weighted by atomic mass is 9.63. The zero-order chi connectivity index (χ0) is 30.6. The fraction of sp³-hybridized carbons (Fsp3) is 0.441. The number of hydrogen-bond acceptors (Lipinski definition) is 6. The molecular weight excluding hydrogens is 645 g/mol. The third-order valence-corrected chi connectivity index (χ3v) is 9.21. The fourth-order valence-electron chi connectivity index (χ4n) is 6.59. The first-order chi connectivity index (χ1) is 19.7. The van der Waals surface area contributed by atoms with Crippen molar-refractivity contribution < 1.29 is 29.0 Å². The van der Waals surface area contributed by atoms with E-state index in [2.05, 4.69) is 22.6 Å². The van der Waals surface area contributed by atoms with Crippen molar-refractivity contribution in [3.8, 4) is 11.5 Å². The van der Waals surface area contributed by atoms with Crippen molar-refractivity contribution in [2.75, 3.05) is 13.7 Å². The summed E-state index contributed by atoms with van der Waals surface area (Å²) in [7, 11) is 1.58. The van der Waals surface area contributed by atoms with Crippen LogP contribution in [0.3, 0.4) is 0 Å². The second-order valence-electron chi connectivity index (χ2n) is 13.3. The van der Waals surface area contributed by atoms with Crippen LogP contribution in [-0.4, -0.2) is 41.2 Å². The Balaban J connectivity index is 1.66. The molecule has 1 aliphatic heterocycles. The van der Waals surface area contributed by atoms with Crippen molar-refractivity contribution in [2.45, 2.75) is 72.8 Å². The van der Waals surface area contributed by atoms with Crippen LogP contribution in [0.15, 0.2) is 58.9 Å². The van der Waals surface area contributed by atoms with Gasteiger partial charge in [0.15, 0.2) is 23.1 Å². The van der Waals surface area contributed by atoms with Crippen molar-refractivity contribution in [3.05, 3.63) is 79.2 Å². The number of rotatable bonds is 7. The SMILES string of the molecule is COc1cc(C2C3=C(CC(C)(C)CC3=O)N(CC(=O)O)C3=C2C(=O)CC(C)(C)C3)cc(I)c1OCc1ccc(C)cc1. The molecule has 8 heteroatoms. The maximum Gasteiger partial charge on any atom is 0.323 e. The molecule has 0 atom stereocenters. The number of aliphatic carboxylic acids is 1. The van der Waals surface area contributed by atoms with Crippen LogP contribution in [0.2, 0.25) is 0 Å². The Bertz CT molecular complexity index is 1480. The van der Waals surface area contributed by atoms with E-state index in [9.17, 15) is 19.5 Å². The molecule has 0 amide bonds. The van der Waals surface area contributed by atoms with Crippen LogP contribution >= 0.6 is 22.6 Å². The summed E-state index contributed by atoms with van der Waals surface area (Å²) >= 11 is 2.22. The number of methoxy groups -OCH3 is 1. The Morgan fingerprint density at radius 1 is 0.952 bits per heavy atom. The van der Waals surface area contributed by atoms with E-state index in [0.717, 1.165) is 26.1 Å². The lowest BCUT2D eigenvalue weighted by Crippen LogP contribution is -2.45. The number of ketones is 2. The highest BCUT2D eigenvalue weighted by atomic mass is 127. The van der Waals surface area contributed by atoms with Gasteiger partial charge < -0.3 is 19.5 Å². The monoisotopic (exact) mass is 683 g/mol. The fourth-order valence-corrected chi connectivity index (χ4v) is 7.37. The number of ether oxygens (including phenoxy) is 2. The maximum absolute atomic E-state index is 13.9. The van der Waals surface area contributed by atoms with Crippen LogP contribution in [-0.2, 0) is 21.0 Å². The quantitative estimate of drug-likeness (QED) is 0.316. The van der Waals surface area contributed by atoms with Crippen LogP contribution in [0.4, 0.5) is 0 Å². The van der Waals surface area contributed by atoms with E-state index >= 15 is 0 Å². The number of allylic oxidation sites excluding steroid dienone is 4. The Kier molecular flexibility index (Phi) is 8.06. The summed E-state index contributed by atoms with van der Waals surface area (Å²) in [6.45, 7) is 10.3. The van der Waals surface area contributed by atoms with Gasteiger partial charge in [-0.1, -0.05) is 57.5 Å². The number of halogens is 1. The average Bonchev–Trinajstić information content (AvgIpc) is 2.87. The third-order valence-electron chi connectivity index (χ3n) is 8.40. The molecule has 0 radical (unpaired) electrons. The van der Waals surface area contributed by atoms with Gasteiger partial charge in [-0.25, -0.2) is 0 Å². The highest BCUT2D eigenvalue weighted by molar-refractivity contribution is 14.1. The molecule has 0 unspecified atom stereocenters. The molecular formula is C34H38INO6. The zero-order valence-corrected chi connectivity index (χ0v) is 27.3. The van der Waals surface area contributed by atoms with Crippen molar-refractivity contribution in [1.29, 1.82) is 0 Å². The van der Waals surface area contributed by atoms with E-state index < -0.39 is 11.9 Å². The number of nitrogens with zero attached hydrogens (tertiary/aromatic N) is 1. The molecule has 2 aliphatic carbocycles. The number of carboxylic acid groups (broad SMARTS) is 1. The topological polar surface area (TPSA) is 93.1 Å². The van der Waals surface area contributed by atoms with Gasteiger partial charge in [-0.05, 0) is 76.4 Å². The summed E-state index contributed by atoms with van der Waals surface area (Å²) in [5, 5.41) is 9.91. The lowest BCUT2D eigenvalue weighted by molar-refractivity contribution is -0.138. The molecule has 0 fully saturated rings. The third kappa shape index (κ3) is 5.87. The smallest absolute Gasteiger partial charge is 0.323 e. The lowest BCUT2D eigenvalue weighted by Gasteiger charge is -2.48. The molecule has 1 heterocycles. The standard InChI is InChI=1S/C34H38INO6/c1-19-7-9-20(10-8-19)18-42-32-22(35)11-21(12-27(32)41-6)29-30-23(13-33(2,3)15-25(30)37)36(17-28(39)40)24-14-34(4,5)16-26(38)31(24)29/h7-12,29H,13-18H2,1-6H3,(H,39,40). The number of carbonyl (C=O) groups is 3. The predicted octanol–water partition coefficient (Wildman–Crippen LogP) is 6.96. The first-order valence-corrected chi connectivity index (χ1v) is 15.3. The van der Waals surface area contributed by atoms with Gasteiger partial charge in [0.25, 0.3) is 0 Å². The van der Waals surface area contributed by atoms with E-state index in [1.807, 2.05) is 71.0 Å². The second kappa shape index (κ2) is 11.2. The summed E-state index contributed by atoms with van der Waals surface area (Å²) in [6, 6.07) is 12.0. The molecule has 0 aromatic heterocycles. The van der Waals surface area contributed by atoms with Gasteiger partial charge in [0.05, 0.1) is 10.7 Å². The molecule has 0 spiro atoms. The van der Waals surface area contributed by atoms with Crippen LogP contribution in [0.5, 0.6) is 11.5 Å². The van der Waals surface area contributed by atoms with Crippen LogP contribution < -0.4 is 9.47 Å². The number of benzene rings is 2. The van der Waals surface area contributed by atoms with Crippen LogP contribution in [0.25, 0.3) is 0 Å². The summed E-state index contributed by atoms with van der Waals surface area (Å²) < 4.78 is 12.8. The van der Waals surface area contributed by atoms with Crippen molar-refractivity contribution in [2.24, 2.45) is 10.8 Å². The molecule has 5 rings (SSSR count). The molecule has 7 nitrogen and oxygen atoms in total. The van der Waals surface area contributed by atoms with Crippen molar-refractivity contribution in [3.63, 3.8) is 0 Å². The number of Topliss-reactive ketones (excluding diaryl/α,β-unsaturated/α-hetero) is 2. The minimum Gasteiger partial charge on any atom is -0.493 e. The Morgan fingerprint density at radius 2 is 1.50 bits per heavy atom. The Labute approximate surface area is 261 Å². The van der Waals surface area contributed by atoms with Crippen molar-refractivity contribution >= 4 is 40.1 Å². The molecule has 42 heavy (non-hydrogen) atoms. The normalized spacial score (nSPS) is 19.9. The van der Waals surface area contributed by atoms with Crippen LogP contribution in [0, 0.1) is 21.3 Å². The van der Waals surface area contributed by atoms with E-state index in [0.29, 0.717) is 54.9 Å². The van der Waals surface area contributed by atoms with E-state index in [1.165, 1.54) is 5.56 Å².